The lowest BCUT2D eigenvalue weighted by molar-refractivity contribution is -0.142. The summed E-state index contributed by atoms with van der Waals surface area (Å²) in [5, 5.41) is 7.77. The van der Waals surface area contributed by atoms with E-state index in [4.69, 9.17) is 149 Å². The zero-order valence-corrected chi connectivity index (χ0v) is 75.4. The number of halogens is 21. The lowest BCUT2D eigenvalue weighted by Gasteiger charge is -2.13. The van der Waals surface area contributed by atoms with E-state index >= 15 is 0 Å². The molecule has 28 nitrogen and oxygen atoms in total. The molecule has 9 aromatic heterocycles. The van der Waals surface area contributed by atoms with Crippen molar-refractivity contribution >= 4 is 174 Å². The molecular weight excluding hydrogens is 1960 g/mol. The molecule has 12 aromatic rings. The Kier molecular flexibility index (Phi) is 34.8. The van der Waals surface area contributed by atoms with Gasteiger partial charge in [-0.25, -0.2) is 90.0 Å². The normalized spacial score (nSPS) is 11.4. The van der Waals surface area contributed by atoms with Crippen LogP contribution in [0.15, 0.2) is 103 Å². The van der Waals surface area contributed by atoms with Crippen LogP contribution in [0, 0.1) is 55.7 Å². The van der Waals surface area contributed by atoms with E-state index in [2.05, 4.69) is 68.5 Å². The van der Waals surface area contributed by atoms with Gasteiger partial charge in [-0.05, 0) is 129 Å². The van der Waals surface area contributed by atoms with E-state index in [0.29, 0.717) is 22.6 Å². The van der Waals surface area contributed by atoms with Crippen molar-refractivity contribution < 1.29 is 115 Å². The topological polar surface area (TPSA) is 450 Å². The molecule has 0 amide bonds. The number of aromatic carboxylic acids is 1. The summed E-state index contributed by atoms with van der Waals surface area (Å²) >= 11 is 52.7. The number of carbonyl (C=O) groups excluding carboxylic acids is 5. The minimum Gasteiger partial charge on any atom is -0.480 e. The van der Waals surface area contributed by atoms with E-state index < -0.39 is 117 Å². The molecule has 49 heteroatoms. The number of esters is 5. The average molecular weight is 2020 g/mol. The van der Waals surface area contributed by atoms with Crippen molar-refractivity contribution in [2.24, 2.45) is 0 Å². The molecule has 9 heterocycles. The van der Waals surface area contributed by atoms with Crippen LogP contribution in [0.4, 0.5) is 86.8 Å². The molecule has 132 heavy (non-hydrogen) atoms. The number of alkyl halides is 6. The third kappa shape index (κ3) is 23.7. The van der Waals surface area contributed by atoms with Gasteiger partial charge in [-0.2, -0.15) is 26.3 Å². The van der Waals surface area contributed by atoms with Gasteiger partial charge in [0, 0.05) is 51.8 Å². The van der Waals surface area contributed by atoms with E-state index in [-0.39, 0.29) is 165 Å². The van der Waals surface area contributed by atoms with Gasteiger partial charge in [-0.1, -0.05) is 117 Å². The average Bonchev–Trinajstić information content (AvgIpc) is 0.989. The number of methoxy groups -OCH3 is 6. The standard InChI is InChI=1S/C14H10Cl3FN2O2.C14H10Cl2F2N2O2.C14H11ClF3N3O3.C14H11ClF2N2O2.C14H11ClFN3O2.C13H9ClF3N3O2/c1-5-6(3-4-7(15)10(5)18)12-8(16)11(19)9(17)13(20-12)14(21)22-2;1-5-6(3-4-7(15)9(5)17)12-10(18)11(19)8(16)13(20-12)14(21)22-2;1-23-12-6(3-4-9(21-12)14(16,17)18)8-5-7(19)10(15)11(20-8)13(22)24-2;1-6-7(3-4-8(16)12(6)17)10-5-9(18)11(15)13(19-10)14(20)21-2;15-9-11(17)10(16)12(19-13(9)14(20)21)7-3-4-8(18-5-7)6-1-2-6;1-22-12(21)11-10(14)7(18)4-8(20-11)6-2-3-9(19-5-6)13(15,16)17/h2*3-4H,1-2H3,(H2,19,20);3-5H,1-2H3,(H2,19,20);3-5H,1-2H3,(H2,18,19);3-6H,1-2H2,(H2,17,19)(H,20,21);2-5H,1H3,(H2,18,20). The summed E-state index contributed by atoms with van der Waals surface area (Å²) in [6.45, 7) is 4.31. The van der Waals surface area contributed by atoms with Gasteiger partial charge in [-0.15, -0.1) is 0 Å². The van der Waals surface area contributed by atoms with Gasteiger partial charge in [0.05, 0.1) is 150 Å². The van der Waals surface area contributed by atoms with E-state index in [1.54, 1.807) is 12.1 Å². The molecule has 0 atom stereocenters. The fraction of sp³-hybridized carbons (Fsp3) is 0.169. The van der Waals surface area contributed by atoms with E-state index in [1.807, 2.05) is 0 Å². The summed E-state index contributed by atoms with van der Waals surface area (Å²) < 4.78 is 186. The molecule has 0 spiro atoms. The van der Waals surface area contributed by atoms with Crippen molar-refractivity contribution in [1.29, 1.82) is 0 Å². The molecule has 1 aliphatic rings. The smallest absolute Gasteiger partial charge is 0.433 e. The highest BCUT2D eigenvalue weighted by Gasteiger charge is 2.36. The Morgan fingerprint density at radius 1 is 0.371 bits per heavy atom. The Morgan fingerprint density at radius 2 is 0.735 bits per heavy atom. The van der Waals surface area contributed by atoms with Crippen molar-refractivity contribution in [3.8, 4) is 73.4 Å². The molecule has 13 rings (SSSR count). The van der Waals surface area contributed by atoms with Crippen molar-refractivity contribution in [3.05, 3.63) is 251 Å². The number of anilines is 6. The van der Waals surface area contributed by atoms with Crippen molar-refractivity contribution in [2.45, 2.75) is 51.9 Å². The molecule has 0 saturated heterocycles. The molecule has 1 saturated carbocycles. The first-order valence-corrected chi connectivity index (χ1v) is 39.7. The van der Waals surface area contributed by atoms with Gasteiger partial charge < -0.3 is 67.9 Å². The minimum atomic E-state index is -4.63. The van der Waals surface area contributed by atoms with Gasteiger partial charge in [0.25, 0.3) is 0 Å². The van der Waals surface area contributed by atoms with Crippen LogP contribution in [-0.4, -0.2) is 128 Å². The number of nitrogens with zero attached hydrogens (tertiary/aromatic N) is 9. The zero-order valence-electron chi connectivity index (χ0n) is 68.6. The molecule has 0 radical (unpaired) electrons. The van der Waals surface area contributed by atoms with Gasteiger partial charge in [0.2, 0.25) is 5.88 Å². The number of pyridine rings is 9. The maximum Gasteiger partial charge on any atom is 0.433 e. The van der Waals surface area contributed by atoms with Crippen molar-refractivity contribution in [2.75, 3.05) is 77.1 Å². The maximum absolute atomic E-state index is 14.3. The second-order valence-electron chi connectivity index (χ2n) is 26.6. The highest BCUT2D eigenvalue weighted by molar-refractivity contribution is 6.42. The highest BCUT2D eigenvalue weighted by Crippen LogP contribution is 2.45. The fourth-order valence-corrected chi connectivity index (χ4v) is 13.0. The summed E-state index contributed by atoms with van der Waals surface area (Å²) in [6.07, 6.45) is -4.50. The molecular formula is C83H62Cl9F12N15O13. The van der Waals surface area contributed by atoms with Gasteiger partial charge in [0.15, 0.2) is 57.4 Å². The predicted molar refractivity (Wildman–Crippen MR) is 469 cm³/mol. The third-order valence-electron chi connectivity index (χ3n) is 18.2. The Balaban J connectivity index is 0.000000195. The van der Waals surface area contributed by atoms with Crippen LogP contribution < -0.4 is 39.1 Å². The zero-order chi connectivity index (χ0) is 98.6. The number of benzene rings is 3. The maximum atomic E-state index is 14.3. The van der Waals surface area contributed by atoms with E-state index in [0.717, 1.165) is 77.4 Å². The Bertz CT molecular complexity index is 6410. The van der Waals surface area contributed by atoms with Crippen LogP contribution >= 0.6 is 104 Å². The predicted octanol–water partition coefficient (Wildman–Crippen LogP) is 21.4. The number of carboxylic acids is 1. The third-order valence-corrected chi connectivity index (χ3v) is 21.5. The van der Waals surface area contributed by atoms with E-state index in [9.17, 15) is 81.5 Å². The van der Waals surface area contributed by atoms with Crippen LogP contribution in [0.25, 0.3) is 67.5 Å². The quantitative estimate of drug-likeness (QED) is 0.0302. The van der Waals surface area contributed by atoms with Gasteiger partial charge >= 0.3 is 48.2 Å². The number of hydrogen-bond donors (Lipinski definition) is 7. The number of nitrogens with two attached hydrogens (primary N) is 6. The van der Waals surface area contributed by atoms with Gasteiger partial charge in [-0.3, -0.25) is 9.97 Å². The molecule has 1 fully saturated rings. The molecule has 1 aliphatic carbocycles. The summed E-state index contributed by atoms with van der Waals surface area (Å²) in [6, 6.07) is 19.2. The second kappa shape index (κ2) is 44.0. The monoisotopic (exact) mass is 2020 g/mol. The molecule has 0 unspecified atom stereocenters. The summed E-state index contributed by atoms with van der Waals surface area (Å²) in [5.74, 6) is -10.4. The summed E-state index contributed by atoms with van der Waals surface area (Å²) in [4.78, 5) is 104. The molecule has 3 aromatic carbocycles. The van der Waals surface area contributed by atoms with Gasteiger partial charge in [0.1, 0.15) is 34.4 Å². The van der Waals surface area contributed by atoms with Crippen LogP contribution in [-0.2, 0) is 36.0 Å². The SMILES string of the molecule is COC(=O)c1nc(-c2ccc(C(F)(F)F)nc2)cc(N)c1Cl.COC(=O)c1nc(-c2ccc(C(F)(F)F)nc2OC)cc(N)c1Cl.COC(=O)c1nc(-c2ccc(Cl)c(F)c2C)c(Cl)c(N)c1Cl.COC(=O)c1nc(-c2ccc(Cl)c(F)c2C)c(F)c(N)c1Cl.COC(=O)c1nc(-c2ccc(F)c(F)c2C)cc(N)c1Cl.Nc1c(F)c(-c2ccc(C3CC3)nc2)nc(C(=O)O)c1Cl. The lowest BCUT2D eigenvalue weighted by atomic mass is 10.0. The van der Waals surface area contributed by atoms with Crippen molar-refractivity contribution in [1.82, 2.24) is 44.9 Å². The number of carboxylic acid groups (broad SMARTS) is 1. The van der Waals surface area contributed by atoms with Crippen molar-refractivity contribution in [3.63, 3.8) is 0 Å². The second-order valence-corrected chi connectivity index (χ2v) is 30.1. The van der Waals surface area contributed by atoms with Crippen LogP contribution in [0.1, 0.15) is 115 Å². The number of rotatable bonds is 14. The largest absolute Gasteiger partial charge is 0.480 e. The minimum absolute atomic E-state index is 0.00372. The number of carbonyl (C=O) groups is 6. The Morgan fingerprint density at radius 3 is 1.15 bits per heavy atom. The first kappa shape index (κ1) is 105. The Labute approximate surface area is 783 Å². The fourth-order valence-electron chi connectivity index (χ4n) is 11.2. The molecule has 694 valence electrons. The number of hydrogen-bond acceptors (Lipinski definition) is 27. The highest BCUT2D eigenvalue weighted by atomic mass is 35.5. The molecule has 0 aliphatic heterocycles. The van der Waals surface area contributed by atoms with Crippen LogP contribution in [0.5, 0.6) is 5.88 Å². The van der Waals surface area contributed by atoms with E-state index in [1.165, 1.54) is 95.8 Å². The first-order chi connectivity index (χ1) is 61.8. The lowest BCUT2D eigenvalue weighted by Crippen LogP contribution is -2.10. The molecule has 0 bridgehead atoms. The number of ether oxygens (including phenoxy) is 6. The first-order valence-electron chi connectivity index (χ1n) is 36.3. The number of aromatic nitrogens is 9. The Hall–Kier alpha value is -12.8. The summed E-state index contributed by atoms with van der Waals surface area (Å²) in [7, 11) is 6.90. The van der Waals surface area contributed by atoms with Crippen LogP contribution in [0.3, 0.4) is 0 Å². The van der Waals surface area contributed by atoms with Crippen LogP contribution in [0.2, 0.25) is 45.2 Å². The summed E-state index contributed by atoms with van der Waals surface area (Å²) in [5.41, 5.74) is 32.2. The molecule has 13 N–H and O–H groups in total. The number of nitrogen functional groups attached to an aromatic ring is 6.